The number of rotatable bonds is 2. The van der Waals surface area contributed by atoms with E-state index in [-0.39, 0.29) is 23.7 Å². The lowest BCUT2D eigenvalue weighted by Crippen LogP contribution is -2.43. The second-order valence-corrected chi connectivity index (χ2v) is 8.71. The van der Waals surface area contributed by atoms with Gasteiger partial charge in [-0.25, -0.2) is 4.68 Å². The van der Waals surface area contributed by atoms with Crippen LogP contribution in [0, 0.1) is 0 Å². The number of hydrogen-bond donors (Lipinski definition) is 0. The van der Waals surface area contributed by atoms with Crippen molar-refractivity contribution in [3.05, 3.63) is 70.1 Å². The third kappa shape index (κ3) is 3.57. The largest absolute Gasteiger partial charge is 0.486 e. The van der Waals surface area contributed by atoms with Gasteiger partial charge < -0.3 is 9.64 Å². The Balaban J connectivity index is 1.34. The number of ketones is 1. The third-order valence-corrected chi connectivity index (χ3v) is 6.60. The minimum absolute atomic E-state index is 0.0270. The number of carbonyl (C=O) groups is 2. The Hall–Kier alpha value is -3.48. The average molecular weight is 431 g/mol. The second-order valence-electron chi connectivity index (χ2n) is 8.71. The van der Waals surface area contributed by atoms with E-state index in [0.29, 0.717) is 53.7 Å². The standard InChI is InChI=1S/C25H25N3O4/c1-27-24(31)18-8-3-2-7-17(18)20(26-27)15-23(30)28-13-6-11-25(12-14-28)16-21(29)19-9-4-5-10-22(19)32-25/h2-5,7-10H,6,11-16H2,1H3. The van der Waals surface area contributed by atoms with Gasteiger partial charge in [0.05, 0.1) is 29.5 Å². The fraction of sp³-hybridized carbons (Fsp3) is 0.360. The van der Waals surface area contributed by atoms with Gasteiger partial charge in [0.25, 0.3) is 5.56 Å². The Morgan fingerprint density at radius 2 is 1.78 bits per heavy atom. The minimum atomic E-state index is -0.554. The number of hydrogen-bond acceptors (Lipinski definition) is 5. The van der Waals surface area contributed by atoms with E-state index in [0.717, 1.165) is 12.8 Å². The summed E-state index contributed by atoms with van der Waals surface area (Å²) in [5, 5.41) is 5.65. The number of Topliss-reactive ketones (excluding diaryl/α,β-unsaturated/α-hetero) is 1. The highest BCUT2D eigenvalue weighted by Crippen LogP contribution is 2.39. The fourth-order valence-electron chi connectivity index (χ4n) is 4.90. The molecule has 1 atom stereocenters. The number of nitrogens with zero attached hydrogens (tertiary/aromatic N) is 3. The van der Waals surface area contributed by atoms with Gasteiger partial charge in [-0.1, -0.05) is 30.3 Å². The molecule has 0 bridgehead atoms. The molecule has 3 aromatic rings. The maximum Gasteiger partial charge on any atom is 0.274 e. The van der Waals surface area contributed by atoms with Crippen molar-refractivity contribution in [2.75, 3.05) is 13.1 Å². The van der Waals surface area contributed by atoms with E-state index in [4.69, 9.17) is 4.74 Å². The Kier molecular flexibility index (Phi) is 5.04. The topological polar surface area (TPSA) is 81.5 Å². The van der Waals surface area contributed by atoms with Gasteiger partial charge in [-0.15, -0.1) is 0 Å². The Bertz CT molecular complexity index is 1280. The van der Waals surface area contributed by atoms with Crippen LogP contribution in [-0.2, 0) is 18.3 Å². The van der Waals surface area contributed by atoms with Crippen LogP contribution in [0.1, 0.15) is 41.7 Å². The molecule has 1 fully saturated rings. The molecule has 7 heteroatoms. The monoisotopic (exact) mass is 431 g/mol. The van der Waals surface area contributed by atoms with Crippen LogP contribution in [0.25, 0.3) is 10.8 Å². The first-order valence-corrected chi connectivity index (χ1v) is 11.0. The van der Waals surface area contributed by atoms with E-state index < -0.39 is 5.60 Å². The SMILES string of the molecule is Cn1nc(CC(=O)N2CCCC3(CC2)CC(=O)c2ccccc2O3)c2ccccc2c1=O. The van der Waals surface area contributed by atoms with Crippen LogP contribution in [0.3, 0.4) is 0 Å². The molecule has 1 saturated heterocycles. The van der Waals surface area contributed by atoms with Crippen molar-refractivity contribution in [3.63, 3.8) is 0 Å². The summed E-state index contributed by atoms with van der Waals surface area (Å²) in [5.74, 6) is 0.720. The predicted molar refractivity (Wildman–Crippen MR) is 120 cm³/mol. The maximum atomic E-state index is 13.2. The summed E-state index contributed by atoms with van der Waals surface area (Å²) in [7, 11) is 1.60. The molecule has 32 heavy (non-hydrogen) atoms. The molecular formula is C25H25N3O4. The number of benzene rings is 2. The number of aromatic nitrogens is 2. The van der Waals surface area contributed by atoms with Gasteiger partial charge in [0, 0.05) is 31.9 Å². The number of fused-ring (bicyclic) bond motifs is 2. The zero-order valence-corrected chi connectivity index (χ0v) is 18.0. The van der Waals surface area contributed by atoms with Crippen molar-refractivity contribution in [3.8, 4) is 5.75 Å². The van der Waals surface area contributed by atoms with Gasteiger partial charge in [0.1, 0.15) is 11.4 Å². The maximum absolute atomic E-state index is 13.2. The van der Waals surface area contributed by atoms with Crippen molar-refractivity contribution in [1.82, 2.24) is 14.7 Å². The highest BCUT2D eigenvalue weighted by Gasteiger charge is 2.42. The average Bonchev–Trinajstić information content (AvgIpc) is 2.99. The number of amides is 1. The van der Waals surface area contributed by atoms with Gasteiger partial charge in [-0.05, 0) is 31.0 Å². The van der Waals surface area contributed by atoms with E-state index >= 15 is 0 Å². The highest BCUT2D eigenvalue weighted by atomic mass is 16.5. The first kappa shape index (κ1) is 20.4. The van der Waals surface area contributed by atoms with Crippen molar-refractivity contribution < 1.29 is 14.3 Å². The molecule has 164 valence electrons. The van der Waals surface area contributed by atoms with Gasteiger partial charge in [0.15, 0.2) is 5.78 Å². The van der Waals surface area contributed by atoms with Gasteiger partial charge >= 0.3 is 0 Å². The minimum Gasteiger partial charge on any atom is -0.486 e. The zero-order valence-electron chi connectivity index (χ0n) is 18.0. The van der Waals surface area contributed by atoms with Crippen LogP contribution < -0.4 is 10.3 Å². The summed E-state index contributed by atoms with van der Waals surface area (Å²) in [5.41, 5.74) is 0.516. The number of carbonyl (C=O) groups excluding carboxylic acids is 2. The second kappa shape index (κ2) is 7.89. The Morgan fingerprint density at radius 3 is 2.62 bits per heavy atom. The fourth-order valence-corrected chi connectivity index (χ4v) is 4.90. The van der Waals surface area contributed by atoms with Crippen molar-refractivity contribution in [2.24, 2.45) is 7.05 Å². The van der Waals surface area contributed by atoms with Crippen LogP contribution in [0.5, 0.6) is 5.75 Å². The van der Waals surface area contributed by atoms with Crippen LogP contribution in [0.2, 0.25) is 0 Å². The third-order valence-electron chi connectivity index (χ3n) is 6.60. The molecule has 1 unspecified atom stereocenters. The quantitative estimate of drug-likeness (QED) is 0.623. The normalized spacial score (nSPS) is 20.7. The predicted octanol–water partition coefficient (Wildman–Crippen LogP) is 2.89. The van der Waals surface area contributed by atoms with Crippen molar-refractivity contribution in [2.45, 2.75) is 37.7 Å². The highest BCUT2D eigenvalue weighted by molar-refractivity contribution is 6.00. The Labute approximate surface area is 185 Å². The van der Waals surface area contributed by atoms with Crippen LogP contribution in [0.4, 0.5) is 0 Å². The van der Waals surface area contributed by atoms with Crippen molar-refractivity contribution >= 4 is 22.5 Å². The van der Waals surface area contributed by atoms with Gasteiger partial charge in [0.2, 0.25) is 5.91 Å². The molecule has 2 aromatic carbocycles. The molecule has 0 saturated carbocycles. The molecule has 0 aliphatic carbocycles. The molecular weight excluding hydrogens is 406 g/mol. The number of ether oxygens (including phenoxy) is 1. The lowest BCUT2D eigenvalue weighted by Gasteiger charge is -2.37. The Morgan fingerprint density at radius 1 is 1.03 bits per heavy atom. The van der Waals surface area contributed by atoms with E-state index in [9.17, 15) is 14.4 Å². The van der Waals surface area contributed by atoms with Crippen LogP contribution >= 0.6 is 0 Å². The summed E-state index contributed by atoms with van der Waals surface area (Å²) in [6.07, 6.45) is 2.59. The number of para-hydroxylation sites is 1. The lowest BCUT2D eigenvalue weighted by molar-refractivity contribution is -0.130. The molecule has 5 rings (SSSR count). The lowest BCUT2D eigenvalue weighted by atomic mass is 9.84. The molecule has 3 heterocycles. The van der Waals surface area contributed by atoms with Gasteiger partial charge in [-0.2, -0.15) is 5.10 Å². The molecule has 2 aliphatic heterocycles. The number of likely N-dealkylation sites (tertiary alicyclic amines) is 1. The molecule has 7 nitrogen and oxygen atoms in total. The molecule has 1 spiro atoms. The van der Waals surface area contributed by atoms with Crippen LogP contribution in [0.15, 0.2) is 53.3 Å². The molecule has 1 aromatic heterocycles. The molecule has 0 radical (unpaired) electrons. The summed E-state index contributed by atoms with van der Waals surface area (Å²) >= 11 is 0. The first-order chi connectivity index (χ1) is 15.5. The van der Waals surface area contributed by atoms with Crippen molar-refractivity contribution in [1.29, 1.82) is 0 Å². The zero-order chi connectivity index (χ0) is 22.3. The summed E-state index contributed by atoms with van der Waals surface area (Å²) in [6, 6.07) is 14.6. The van der Waals surface area contributed by atoms with E-state index in [1.54, 1.807) is 13.1 Å². The summed E-state index contributed by atoms with van der Waals surface area (Å²) in [6.45, 7) is 1.14. The van der Waals surface area contributed by atoms with E-state index in [2.05, 4.69) is 5.10 Å². The van der Waals surface area contributed by atoms with E-state index in [1.165, 1.54) is 4.68 Å². The summed E-state index contributed by atoms with van der Waals surface area (Å²) < 4.78 is 7.63. The van der Waals surface area contributed by atoms with Gasteiger partial charge in [-0.3, -0.25) is 14.4 Å². The summed E-state index contributed by atoms with van der Waals surface area (Å²) in [4.78, 5) is 40.1. The molecule has 1 amide bonds. The first-order valence-electron chi connectivity index (χ1n) is 11.0. The molecule has 2 aliphatic rings. The van der Waals surface area contributed by atoms with Crippen LogP contribution in [-0.4, -0.2) is 45.1 Å². The number of aryl methyl sites for hydroxylation is 1. The smallest absolute Gasteiger partial charge is 0.274 e. The van der Waals surface area contributed by atoms with E-state index in [1.807, 2.05) is 47.4 Å². The molecule has 0 N–H and O–H groups in total.